The van der Waals surface area contributed by atoms with Crippen molar-refractivity contribution in [2.75, 3.05) is 26.3 Å². The van der Waals surface area contributed by atoms with Gasteiger partial charge in [-0.2, -0.15) is 0 Å². The van der Waals surface area contributed by atoms with Crippen LogP contribution in [0.5, 0.6) is 11.5 Å². The Bertz CT molecular complexity index is 1010. The topological polar surface area (TPSA) is 56.6 Å². The summed E-state index contributed by atoms with van der Waals surface area (Å²) >= 11 is 0. The molecular weight excluding hydrogens is 378 g/mol. The van der Waals surface area contributed by atoms with E-state index >= 15 is 0 Å². The van der Waals surface area contributed by atoms with Gasteiger partial charge < -0.3 is 18.9 Å². The molecule has 1 saturated heterocycles. The Kier molecular flexibility index (Phi) is 5.24. The molecule has 0 spiro atoms. The molecule has 2 aromatic carbocycles. The van der Waals surface area contributed by atoms with E-state index in [9.17, 15) is 4.79 Å². The third-order valence-electron chi connectivity index (χ3n) is 5.84. The Hall–Kier alpha value is -3.12. The molecule has 0 saturated carbocycles. The van der Waals surface area contributed by atoms with Crippen LogP contribution in [0.25, 0.3) is 0 Å². The number of carbonyl (C=O) groups excluding carboxylic acids is 1. The number of aromatic nitrogens is 2. The molecule has 6 heteroatoms. The zero-order valence-corrected chi connectivity index (χ0v) is 16.9. The molecule has 1 atom stereocenters. The molecule has 1 aromatic heterocycles. The third kappa shape index (κ3) is 3.96. The predicted molar refractivity (Wildman–Crippen MR) is 113 cm³/mol. The molecule has 1 fully saturated rings. The summed E-state index contributed by atoms with van der Waals surface area (Å²) in [6.07, 6.45) is 3.83. The summed E-state index contributed by atoms with van der Waals surface area (Å²) in [7, 11) is 0. The van der Waals surface area contributed by atoms with Gasteiger partial charge in [-0.05, 0) is 36.2 Å². The lowest BCUT2D eigenvalue weighted by molar-refractivity contribution is 0.0299. The molecule has 5 rings (SSSR count). The fraction of sp³-hybridized carbons (Fsp3) is 0.333. The van der Waals surface area contributed by atoms with Crippen LogP contribution in [0.3, 0.4) is 0 Å². The van der Waals surface area contributed by atoms with Crippen LogP contribution in [-0.2, 0) is 17.7 Å². The van der Waals surface area contributed by atoms with Crippen LogP contribution in [-0.4, -0.2) is 46.7 Å². The molecule has 3 heterocycles. The van der Waals surface area contributed by atoms with Crippen molar-refractivity contribution in [3.05, 3.63) is 77.9 Å². The van der Waals surface area contributed by atoms with E-state index < -0.39 is 0 Å². The number of hydrogen-bond acceptors (Lipinski definition) is 4. The molecule has 1 amide bonds. The van der Waals surface area contributed by atoms with Gasteiger partial charge in [0.1, 0.15) is 23.0 Å². The third-order valence-corrected chi connectivity index (χ3v) is 5.84. The van der Waals surface area contributed by atoms with Crippen LogP contribution in [0.2, 0.25) is 0 Å². The first-order valence-corrected chi connectivity index (χ1v) is 10.5. The molecule has 2 aliphatic rings. The first-order chi connectivity index (χ1) is 14.8. The number of benzene rings is 2. The van der Waals surface area contributed by atoms with Crippen molar-refractivity contribution < 1.29 is 14.3 Å². The number of nitrogens with zero attached hydrogens (tertiary/aromatic N) is 3. The van der Waals surface area contributed by atoms with Gasteiger partial charge in [0.25, 0.3) is 5.91 Å². The number of rotatable bonds is 4. The zero-order chi connectivity index (χ0) is 20.3. The van der Waals surface area contributed by atoms with Gasteiger partial charge in [-0.3, -0.25) is 4.79 Å². The Morgan fingerprint density at radius 3 is 2.50 bits per heavy atom. The van der Waals surface area contributed by atoms with E-state index in [0.717, 1.165) is 36.7 Å². The predicted octanol–water partition coefficient (Wildman–Crippen LogP) is 3.88. The van der Waals surface area contributed by atoms with Crippen LogP contribution >= 0.6 is 0 Å². The Labute approximate surface area is 176 Å². The van der Waals surface area contributed by atoms with Gasteiger partial charge in [0.05, 0.1) is 13.2 Å². The van der Waals surface area contributed by atoms with Crippen molar-refractivity contribution in [1.29, 1.82) is 0 Å². The summed E-state index contributed by atoms with van der Waals surface area (Å²) in [5, 5.41) is 0. The highest BCUT2D eigenvalue weighted by Crippen LogP contribution is 2.31. The maximum absolute atomic E-state index is 12.7. The lowest BCUT2D eigenvalue weighted by atomic mass is 9.91. The van der Waals surface area contributed by atoms with Gasteiger partial charge in [-0.1, -0.05) is 30.3 Å². The second-order valence-electron chi connectivity index (χ2n) is 7.82. The monoisotopic (exact) mass is 403 g/mol. The number of aryl methyl sites for hydroxylation is 1. The largest absolute Gasteiger partial charge is 0.457 e. The van der Waals surface area contributed by atoms with Crippen molar-refractivity contribution in [2.24, 2.45) is 0 Å². The van der Waals surface area contributed by atoms with Crippen molar-refractivity contribution in [3.63, 3.8) is 0 Å². The van der Waals surface area contributed by atoms with Crippen LogP contribution < -0.4 is 4.74 Å². The molecule has 3 aromatic rings. The smallest absolute Gasteiger partial charge is 0.274 e. The average Bonchev–Trinajstić information content (AvgIpc) is 3.24. The van der Waals surface area contributed by atoms with E-state index in [-0.39, 0.29) is 5.91 Å². The number of ether oxygens (including phenoxy) is 2. The van der Waals surface area contributed by atoms with Crippen LogP contribution in [0, 0.1) is 0 Å². The van der Waals surface area contributed by atoms with Crippen LogP contribution in [0.4, 0.5) is 0 Å². The molecule has 0 bridgehead atoms. The standard InChI is InChI=1S/C24H25N3O3/c28-24(26-12-14-29-15-13-26)22-17-27-16-19(8-11-23(27)25-22)18-6-9-21(10-7-18)30-20-4-2-1-3-5-20/h1-7,9-10,17,19H,8,11-16H2. The number of hydrogen-bond donors (Lipinski definition) is 0. The van der Waals surface area contributed by atoms with Crippen LogP contribution in [0.1, 0.15) is 34.2 Å². The van der Waals surface area contributed by atoms with Crippen molar-refractivity contribution >= 4 is 5.91 Å². The van der Waals surface area contributed by atoms with E-state index in [2.05, 4.69) is 21.7 Å². The molecule has 0 aliphatic carbocycles. The minimum atomic E-state index is 0.0131. The minimum Gasteiger partial charge on any atom is -0.457 e. The molecule has 154 valence electrons. The molecule has 0 radical (unpaired) electrons. The van der Waals surface area contributed by atoms with Crippen molar-refractivity contribution in [2.45, 2.75) is 25.3 Å². The van der Waals surface area contributed by atoms with Crippen LogP contribution in [0.15, 0.2) is 60.8 Å². The summed E-state index contributed by atoms with van der Waals surface area (Å²) in [4.78, 5) is 19.2. The second-order valence-corrected chi connectivity index (χ2v) is 7.82. The van der Waals surface area contributed by atoms with Gasteiger partial charge in [-0.25, -0.2) is 4.98 Å². The van der Waals surface area contributed by atoms with Gasteiger partial charge in [0.15, 0.2) is 0 Å². The Morgan fingerprint density at radius 1 is 1.00 bits per heavy atom. The van der Waals surface area contributed by atoms with Gasteiger partial charge in [0, 0.05) is 38.2 Å². The molecule has 1 unspecified atom stereocenters. The number of imidazole rings is 1. The zero-order valence-electron chi connectivity index (χ0n) is 16.9. The fourth-order valence-electron chi connectivity index (χ4n) is 4.18. The van der Waals surface area contributed by atoms with Gasteiger partial charge >= 0.3 is 0 Å². The van der Waals surface area contributed by atoms with Gasteiger partial charge in [0.2, 0.25) is 0 Å². The van der Waals surface area contributed by atoms with E-state index in [1.165, 1.54) is 5.56 Å². The highest BCUT2D eigenvalue weighted by atomic mass is 16.5. The van der Waals surface area contributed by atoms with Crippen molar-refractivity contribution in [3.8, 4) is 11.5 Å². The summed E-state index contributed by atoms with van der Waals surface area (Å²) in [6.45, 7) is 3.33. The molecular formula is C24H25N3O3. The fourth-order valence-corrected chi connectivity index (χ4v) is 4.18. The number of morpholine rings is 1. The SMILES string of the molecule is O=C(c1cn2c(n1)CCC(c1ccc(Oc3ccccc3)cc1)C2)N1CCOCC1. The first-order valence-electron chi connectivity index (χ1n) is 10.5. The normalized spacial score (nSPS) is 18.7. The lowest BCUT2D eigenvalue weighted by Gasteiger charge is -2.25. The van der Waals surface area contributed by atoms with E-state index in [1.54, 1.807) is 0 Å². The summed E-state index contributed by atoms with van der Waals surface area (Å²) < 4.78 is 13.4. The highest BCUT2D eigenvalue weighted by molar-refractivity contribution is 5.92. The number of fused-ring (bicyclic) bond motifs is 1. The Morgan fingerprint density at radius 2 is 1.73 bits per heavy atom. The molecule has 0 N–H and O–H groups in total. The van der Waals surface area contributed by atoms with Gasteiger partial charge in [-0.15, -0.1) is 0 Å². The Balaban J connectivity index is 1.26. The average molecular weight is 403 g/mol. The quantitative estimate of drug-likeness (QED) is 0.663. The first kappa shape index (κ1) is 18.9. The van der Waals surface area contributed by atoms with Crippen molar-refractivity contribution in [1.82, 2.24) is 14.5 Å². The number of para-hydroxylation sites is 1. The summed E-state index contributed by atoms with van der Waals surface area (Å²) in [5.74, 6) is 3.10. The number of amides is 1. The highest BCUT2D eigenvalue weighted by Gasteiger charge is 2.26. The van der Waals surface area contributed by atoms with E-state index in [1.807, 2.05) is 53.6 Å². The minimum absolute atomic E-state index is 0.0131. The molecule has 2 aliphatic heterocycles. The maximum Gasteiger partial charge on any atom is 0.274 e. The lowest BCUT2D eigenvalue weighted by Crippen LogP contribution is -2.40. The summed E-state index contributed by atoms with van der Waals surface area (Å²) in [6, 6.07) is 18.1. The van der Waals surface area contributed by atoms with E-state index in [4.69, 9.17) is 9.47 Å². The maximum atomic E-state index is 12.7. The number of carbonyl (C=O) groups is 1. The molecule has 6 nitrogen and oxygen atoms in total. The summed E-state index contributed by atoms with van der Waals surface area (Å²) in [5.41, 5.74) is 1.84. The second kappa shape index (κ2) is 8.32. The molecule has 30 heavy (non-hydrogen) atoms. The van der Waals surface area contributed by atoms with E-state index in [0.29, 0.717) is 37.9 Å².